The van der Waals surface area contributed by atoms with Gasteiger partial charge in [0.1, 0.15) is 26.4 Å². The van der Waals surface area contributed by atoms with Crippen molar-refractivity contribution < 1.29 is 29.2 Å². The number of aliphatic hydroxyl groups is 2. The predicted octanol–water partition coefficient (Wildman–Crippen LogP) is 3.02. The van der Waals surface area contributed by atoms with Crippen molar-refractivity contribution in [2.75, 3.05) is 39.6 Å². The summed E-state index contributed by atoms with van der Waals surface area (Å²) in [5, 5.41) is 19.1. The van der Waals surface area contributed by atoms with Crippen LogP contribution in [-0.2, 0) is 0 Å². The quantitative estimate of drug-likeness (QED) is 0.799. The van der Waals surface area contributed by atoms with E-state index in [1.54, 1.807) is 36.5 Å². The highest BCUT2D eigenvalue weighted by Crippen LogP contribution is 2.53. The summed E-state index contributed by atoms with van der Waals surface area (Å²) in [6.07, 6.45) is 0. The molecule has 2 N–H and O–H groups in total. The Labute approximate surface area is 149 Å². The van der Waals surface area contributed by atoms with Crippen LogP contribution >= 0.6 is 22.7 Å². The Balaban J connectivity index is 0.000000308. The van der Waals surface area contributed by atoms with Gasteiger partial charge in [0.05, 0.1) is 9.75 Å². The van der Waals surface area contributed by atoms with Crippen molar-refractivity contribution >= 4 is 22.7 Å². The molecule has 2 aromatic heterocycles. The van der Waals surface area contributed by atoms with E-state index in [0.717, 1.165) is 32.8 Å². The van der Waals surface area contributed by atoms with Gasteiger partial charge in [-0.25, -0.2) is 0 Å². The average Bonchev–Trinajstić information content (AvgIpc) is 3.20. The van der Waals surface area contributed by atoms with E-state index in [1.165, 1.54) is 0 Å². The number of hydrogen-bond acceptors (Lipinski definition) is 8. The summed E-state index contributed by atoms with van der Waals surface area (Å²) in [5.74, 6) is 3.34. The number of thiophene rings is 2. The molecule has 134 valence electrons. The van der Waals surface area contributed by atoms with Gasteiger partial charge in [-0.05, 0) is 13.8 Å². The topological polar surface area (TPSA) is 77.4 Å². The minimum absolute atomic E-state index is 0.250. The molecule has 0 fully saturated rings. The first-order valence-electron chi connectivity index (χ1n) is 7.72. The highest BCUT2D eigenvalue weighted by molar-refractivity contribution is 7.21. The van der Waals surface area contributed by atoms with Crippen molar-refractivity contribution in [1.82, 2.24) is 0 Å². The van der Waals surface area contributed by atoms with E-state index in [2.05, 4.69) is 0 Å². The molecule has 0 unspecified atom stereocenters. The minimum atomic E-state index is 0.250. The molecule has 2 aliphatic heterocycles. The largest absolute Gasteiger partial charge is 0.485 e. The van der Waals surface area contributed by atoms with Crippen LogP contribution in [0, 0.1) is 0 Å². The molecule has 4 rings (SSSR count). The zero-order valence-corrected chi connectivity index (χ0v) is 15.4. The number of ether oxygens (including phenoxy) is 4. The normalized spacial score (nSPS) is 14.0. The van der Waals surface area contributed by atoms with E-state index < -0.39 is 0 Å². The Bertz CT molecular complexity index is 568. The summed E-state index contributed by atoms with van der Waals surface area (Å²) in [7, 11) is 0. The van der Waals surface area contributed by atoms with Crippen molar-refractivity contribution in [3.05, 3.63) is 10.8 Å². The van der Waals surface area contributed by atoms with E-state index in [1.807, 2.05) is 10.8 Å². The van der Waals surface area contributed by atoms with Crippen LogP contribution in [0.5, 0.6) is 23.0 Å². The van der Waals surface area contributed by atoms with E-state index in [-0.39, 0.29) is 13.2 Å². The van der Waals surface area contributed by atoms with Crippen LogP contribution in [0.15, 0.2) is 10.8 Å². The Kier molecular flexibility index (Phi) is 7.64. The molecule has 6 nitrogen and oxygen atoms in total. The van der Waals surface area contributed by atoms with Crippen LogP contribution in [0.1, 0.15) is 13.8 Å². The minimum Gasteiger partial charge on any atom is -0.485 e. The maximum absolute atomic E-state index is 7.57. The van der Waals surface area contributed by atoms with Crippen LogP contribution in [0.3, 0.4) is 0 Å². The summed E-state index contributed by atoms with van der Waals surface area (Å²) < 4.78 is 22.5. The molecular formula is C16H22O6S2. The molecule has 0 aromatic carbocycles. The van der Waals surface area contributed by atoms with Crippen LogP contribution in [-0.4, -0.2) is 49.9 Å². The molecule has 0 atom stereocenters. The summed E-state index contributed by atoms with van der Waals surface area (Å²) in [6, 6.07) is 0. The molecule has 24 heavy (non-hydrogen) atoms. The Morgan fingerprint density at radius 3 is 1.46 bits per heavy atom. The highest BCUT2D eigenvalue weighted by atomic mass is 32.1. The van der Waals surface area contributed by atoms with Gasteiger partial charge >= 0.3 is 0 Å². The average molecular weight is 374 g/mol. The van der Waals surface area contributed by atoms with Gasteiger partial charge < -0.3 is 29.2 Å². The van der Waals surface area contributed by atoms with Crippen LogP contribution in [0.2, 0.25) is 0 Å². The third-order valence-electron chi connectivity index (χ3n) is 2.81. The first kappa shape index (κ1) is 18.9. The number of rotatable bonds is 1. The first-order chi connectivity index (χ1) is 11.8. The predicted molar refractivity (Wildman–Crippen MR) is 95.1 cm³/mol. The number of fused-ring (bicyclic) bond motifs is 2. The van der Waals surface area contributed by atoms with Gasteiger partial charge in [-0.3, -0.25) is 0 Å². The molecule has 0 saturated carbocycles. The van der Waals surface area contributed by atoms with E-state index >= 15 is 0 Å². The van der Waals surface area contributed by atoms with Crippen molar-refractivity contribution in [2.24, 2.45) is 0 Å². The van der Waals surface area contributed by atoms with Crippen molar-refractivity contribution in [3.63, 3.8) is 0 Å². The fourth-order valence-electron chi connectivity index (χ4n) is 2.04. The molecule has 4 heterocycles. The summed E-state index contributed by atoms with van der Waals surface area (Å²) >= 11 is 3.24. The third-order valence-corrected chi connectivity index (χ3v) is 4.85. The molecule has 0 bridgehead atoms. The van der Waals surface area contributed by atoms with Gasteiger partial charge in [-0.1, -0.05) is 0 Å². The van der Waals surface area contributed by atoms with Gasteiger partial charge in [0, 0.05) is 24.0 Å². The SMILES string of the molecule is CCO.CCO.c1sc(-c2scc3c2OCCO3)c2c1OCCO2. The van der Waals surface area contributed by atoms with Gasteiger partial charge in [-0.15, -0.1) is 22.7 Å². The van der Waals surface area contributed by atoms with Gasteiger partial charge in [0.25, 0.3) is 0 Å². The van der Waals surface area contributed by atoms with Crippen molar-refractivity contribution in [1.29, 1.82) is 0 Å². The molecule has 0 aliphatic carbocycles. The zero-order valence-electron chi connectivity index (χ0n) is 13.7. The maximum atomic E-state index is 7.57. The second-order valence-corrected chi connectivity index (χ2v) is 6.30. The lowest BCUT2D eigenvalue weighted by Gasteiger charge is -2.18. The van der Waals surface area contributed by atoms with E-state index in [4.69, 9.17) is 29.2 Å². The Morgan fingerprint density at radius 1 is 0.750 bits per heavy atom. The molecule has 0 saturated heterocycles. The summed E-state index contributed by atoms with van der Waals surface area (Å²) in [5.41, 5.74) is 0. The van der Waals surface area contributed by atoms with Gasteiger partial charge in [0.2, 0.25) is 0 Å². The second kappa shape index (κ2) is 9.73. The van der Waals surface area contributed by atoms with Gasteiger partial charge in [-0.2, -0.15) is 0 Å². The zero-order chi connectivity index (χ0) is 17.4. The first-order valence-corrected chi connectivity index (χ1v) is 9.48. The maximum Gasteiger partial charge on any atom is 0.180 e. The molecular weight excluding hydrogens is 352 g/mol. The molecule has 0 radical (unpaired) electrons. The fraction of sp³-hybridized carbons (Fsp3) is 0.500. The van der Waals surface area contributed by atoms with E-state index in [0.29, 0.717) is 26.4 Å². The smallest absolute Gasteiger partial charge is 0.180 e. The Morgan fingerprint density at radius 2 is 1.08 bits per heavy atom. The van der Waals surface area contributed by atoms with Crippen LogP contribution in [0.4, 0.5) is 0 Å². The van der Waals surface area contributed by atoms with E-state index in [9.17, 15) is 0 Å². The fourth-order valence-corrected chi connectivity index (χ4v) is 4.06. The van der Waals surface area contributed by atoms with Crippen LogP contribution in [0.25, 0.3) is 9.75 Å². The number of aliphatic hydroxyl groups excluding tert-OH is 2. The lowest BCUT2D eigenvalue weighted by atomic mass is 10.3. The van der Waals surface area contributed by atoms with Crippen LogP contribution < -0.4 is 18.9 Å². The molecule has 0 spiro atoms. The second-order valence-electron chi connectivity index (χ2n) is 4.54. The lowest BCUT2D eigenvalue weighted by Crippen LogP contribution is -2.15. The lowest BCUT2D eigenvalue weighted by molar-refractivity contribution is 0.172. The highest BCUT2D eigenvalue weighted by Gasteiger charge is 2.26. The van der Waals surface area contributed by atoms with Crippen molar-refractivity contribution in [3.8, 4) is 32.8 Å². The molecule has 0 amide bonds. The monoisotopic (exact) mass is 374 g/mol. The third kappa shape index (κ3) is 4.32. The molecule has 2 aromatic rings. The Hall–Kier alpha value is -1.48. The molecule has 2 aliphatic rings. The van der Waals surface area contributed by atoms with Gasteiger partial charge in [0.15, 0.2) is 23.0 Å². The summed E-state index contributed by atoms with van der Waals surface area (Å²) in [4.78, 5) is 2.14. The number of hydrogen-bond donors (Lipinski definition) is 2. The van der Waals surface area contributed by atoms with Crippen molar-refractivity contribution in [2.45, 2.75) is 13.8 Å². The molecule has 8 heteroatoms. The standard InChI is InChI=1S/C12H10O4S2.2C2H6O/c1-3-15-9-7(13-1)5-17-11(9)12-10-8(6-18-12)14-2-4-16-10;2*1-2-3/h5-6H,1-4H2;2*3H,2H2,1H3. The summed E-state index contributed by atoms with van der Waals surface area (Å²) in [6.45, 7) is 6.29.